The van der Waals surface area contributed by atoms with Crippen LogP contribution in [0.25, 0.3) is 0 Å². The standard InChI is InChI=1S/C28H47N5O3/c1-3-5-7-9-15-30-27(35)32-17-11-13-24(32)21-19-22(26(34)20-23(21)29)25-14-12-18-33(25)28(36)31-16-10-8-6-4-2/h19-20,24-25,34H,3-18,29H2,1-2H3,(H,30,35)(H,31,36). The minimum Gasteiger partial charge on any atom is -0.508 e. The molecule has 2 aliphatic rings. The molecular weight excluding hydrogens is 454 g/mol. The van der Waals surface area contributed by atoms with Gasteiger partial charge in [-0.15, -0.1) is 0 Å². The number of aromatic hydroxyl groups is 1. The maximum absolute atomic E-state index is 13.0. The highest BCUT2D eigenvalue weighted by molar-refractivity contribution is 5.76. The van der Waals surface area contributed by atoms with E-state index in [4.69, 9.17) is 5.73 Å². The van der Waals surface area contributed by atoms with Crippen LogP contribution in [0.3, 0.4) is 0 Å². The predicted molar refractivity (Wildman–Crippen MR) is 145 cm³/mol. The van der Waals surface area contributed by atoms with Crippen LogP contribution in [-0.2, 0) is 0 Å². The molecule has 0 aromatic heterocycles. The molecule has 0 bridgehead atoms. The van der Waals surface area contributed by atoms with E-state index in [-0.39, 0.29) is 29.9 Å². The number of nitrogens with zero attached hydrogens (tertiary/aromatic N) is 2. The van der Waals surface area contributed by atoms with Gasteiger partial charge >= 0.3 is 12.1 Å². The molecule has 4 amide bonds. The van der Waals surface area contributed by atoms with Crippen molar-refractivity contribution in [2.24, 2.45) is 0 Å². The summed E-state index contributed by atoms with van der Waals surface area (Å²) in [4.78, 5) is 29.6. The number of amides is 4. The highest BCUT2D eigenvalue weighted by atomic mass is 16.3. The summed E-state index contributed by atoms with van der Waals surface area (Å²) in [5.74, 6) is 0.119. The van der Waals surface area contributed by atoms with Gasteiger partial charge in [0, 0.05) is 43.5 Å². The molecule has 202 valence electrons. The average molecular weight is 502 g/mol. The van der Waals surface area contributed by atoms with Gasteiger partial charge in [0.1, 0.15) is 5.75 Å². The van der Waals surface area contributed by atoms with Gasteiger partial charge in [-0.2, -0.15) is 0 Å². The minimum absolute atomic E-state index is 0.0482. The SMILES string of the molecule is CCCCCCNC(=O)N1CCCC1c1cc(C2CCCN2C(=O)NCCCCCC)c(O)cc1N. The number of unbranched alkanes of at least 4 members (excludes halogenated alkanes) is 6. The Kier molecular flexibility index (Phi) is 11.0. The largest absolute Gasteiger partial charge is 0.508 e. The zero-order chi connectivity index (χ0) is 25.9. The number of phenolic OH excluding ortho intramolecular Hbond substituents is 1. The van der Waals surface area contributed by atoms with Crippen molar-refractivity contribution in [1.82, 2.24) is 20.4 Å². The quantitative estimate of drug-likeness (QED) is 0.213. The number of carbonyl (C=O) groups excluding carboxylic acids is 2. The summed E-state index contributed by atoms with van der Waals surface area (Å²) in [6.45, 7) is 7.06. The molecule has 1 aromatic carbocycles. The van der Waals surface area contributed by atoms with Crippen molar-refractivity contribution in [3.63, 3.8) is 0 Å². The molecule has 8 nitrogen and oxygen atoms in total. The van der Waals surface area contributed by atoms with Crippen molar-refractivity contribution in [2.75, 3.05) is 31.9 Å². The Morgan fingerprint density at radius 2 is 1.33 bits per heavy atom. The number of carbonyl (C=O) groups is 2. The van der Waals surface area contributed by atoms with Crippen LogP contribution in [0.5, 0.6) is 5.75 Å². The normalized spacial score (nSPS) is 19.6. The first-order valence-electron chi connectivity index (χ1n) is 14.2. The second-order valence-corrected chi connectivity index (χ2v) is 10.3. The van der Waals surface area contributed by atoms with E-state index in [0.717, 1.165) is 62.5 Å². The molecule has 0 radical (unpaired) electrons. The first-order chi connectivity index (χ1) is 17.5. The van der Waals surface area contributed by atoms with Gasteiger partial charge < -0.3 is 31.3 Å². The van der Waals surface area contributed by atoms with Gasteiger partial charge in [0.2, 0.25) is 0 Å². The van der Waals surface area contributed by atoms with Gasteiger partial charge in [-0.3, -0.25) is 0 Å². The first kappa shape index (κ1) is 27.9. The Balaban J connectivity index is 1.69. The van der Waals surface area contributed by atoms with Crippen LogP contribution < -0.4 is 16.4 Å². The molecule has 2 atom stereocenters. The monoisotopic (exact) mass is 501 g/mol. The van der Waals surface area contributed by atoms with E-state index in [1.807, 2.05) is 15.9 Å². The van der Waals surface area contributed by atoms with Gasteiger partial charge in [0.15, 0.2) is 0 Å². The molecule has 8 heteroatoms. The van der Waals surface area contributed by atoms with Crippen molar-refractivity contribution in [1.29, 1.82) is 0 Å². The van der Waals surface area contributed by atoms with Crippen molar-refractivity contribution < 1.29 is 14.7 Å². The third-order valence-corrected chi connectivity index (χ3v) is 7.59. The Hall–Kier alpha value is -2.64. The number of nitrogen functional groups attached to an aromatic ring is 1. The van der Waals surface area contributed by atoms with E-state index in [0.29, 0.717) is 31.9 Å². The summed E-state index contributed by atoms with van der Waals surface area (Å²) in [6, 6.07) is 3.11. The molecular formula is C28H47N5O3. The molecule has 5 N–H and O–H groups in total. The number of phenols is 1. The van der Waals surface area contributed by atoms with Crippen LogP contribution in [-0.4, -0.2) is 53.1 Å². The lowest BCUT2D eigenvalue weighted by molar-refractivity contribution is 0.191. The molecule has 0 spiro atoms. The molecule has 0 aliphatic carbocycles. The number of anilines is 1. The molecule has 2 fully saturated rings. The fraction of sp³-hybridized carbons (Fsp3) is 0.714. The predicted octanol–water partition coefficient (Wildman–Crippen LogP) is 5.83. The lowest BCUT2D eigenvalue weighted by Crippen LogP contribution is -2.40. The van der Waals surface area contributed by atoms with Crippen molar-refractivity contribution >= 4 is 17.7 Å². The van der Waals surface area contributed by atoms with Crippen molar-refractivity contribution in [2.45, 2.75) is 103 Å². The summed E-state index contributed by atoms with van der Waals surface area (Å²) in [5.41, 5.74) is 8.46. The number of nitrogens with one attached hydrogen (secondary N) is 2. The number of hydrogen-bond acceptors (Lipinski definition) is 4. The first-order valence-corrected chi connectivity index (χ1v) is 14.2. The van der Waals surface area contributed by atoms with Gasteiger partial charge in [-0.1, -0.05) is 52.4 Å². The molecule has 3 rings (SSSR count). The molecule has 2 heterocycles. The minimum atomic E-state index is -0.192. The molecule has 1 aromatic rings. The summed E-state index contributed by atoms with van der Waals surface area (Å²) in [5, 5.41) is 17.0. The Morgan fingerprint density at radius 1 is 0.833 bits per heavy atom. The lowest BCUT2D eigenvalue weighted by Gasteiger charge is -2.29. The van der Waals surface area contributed by atoms with Crippen LogP contribution in [0.2, 0.25) is 0 Å². The van der Waals surface area contributed by atoms with Crippen LogP contribution in [0, 0.1) is 0 Å². The summed E-state index contributed by atoms with van der Waals surface area (Å²) >= 11 is 0. The maximum atomic E-state index is 13.0. The van der Waals surface area contributed by atoms with Crippen LogP contribution in [0.4, 0.5) is 15.3 Å². The number of nitrogens with two attached hydrogens (primary N) is 1. The summed E-state index contributed by atoms with van der Waals surface area (Å²) in [7, 11) is 0. The fourth-order valence-electron chi connectivity index (χ4n) is 5.56. The van der Waals surface area contributed by atoms with Crippen LogP contribution in [0.1, 0.15) is 114 Å². The number of benzene rings is 1. The van der Waals surface area contributed by atoms with Crippen LogP contribution in [0.15, 0.2) is 12.1 Å². The molecule has 0 saturated carbocycles. The maximum Gasteiger partial charge on any atom is 0.317 e. The highest BCUT2D eigenvalue weighted by Gasteiger charge is 2.35. The van der Waals surface area contributed by atoms with E-state index >= 15 is 0 Å². The Bertz CT molecular complexity index is 797. The highest BCUT2D eigenvalue weighted by Crippen LogP contribution is 2.43. The lowest BCUT2D eigenvalue weighted by atomic mass is 9.95. The third-order valence-electron chi connectivity index (χ3n) is 7.59. The fourth-order valence-corrected chi connectivity index (χ4v) is 5.56. The van der Waals surface area contributed by atoms with Gasteiger partial charge in [-0.25, -0.2) is 9.59 Å². The van der Waals surface area contributed by atoms with Crippen molar-refractivity contribution in [3.8, 4) is 5.75 Å². The molecule has 2 aliphatic heterocycles. The van der Waals surface area contributed by atoms with E-state index < -0.39 is 0 Å². The van der Waals surface area contributed by atoms with Crippen molar-refractivity contribution in [3.05, 3.63) is 23.3 Å². The summed E-state index contributed by atoms with van der Waals surface area (Å²) < 4.78 is 0. The van der Waals surface area contributed by atoms with E-state index in [1.54, 1.807) is 6.07 Å². The Labute approximate surface area is 217 Å². The number of likely N-dealkylation sites (tertiary alicyclic amines) is 2. The molecule has 36 heavy (non-hydrogen) atoms. The van der Waals surface area contributed by atoms with E-state index in [9.17, 15) is 14.7 Å². The van der Waals surface area contributed by atoms with Gasteiger partial charge in [0.05, 0.1) is 12.1 Å². The zero-order valence-electron chi connectivity index (χ0n) is 22.4. The summed E-state index contributed by atoms with van der Waals surface area (Å²) in [6.07, 6.45) is 12.4. The Morgan fingerprint density at radius 3 is 1.83 bits per heavy atom. The van der Waals surface area contributed by atoms with Gasteiger partial charge in [0.25, 0.3) is 0 Å². The number of urea groups is 2. The second-order valence-electron chi connectivity index (χ2n) is 10.3. The zero-order valence-corrected chi connectivity index (χ0v) is 22.4. The van der Waals surface area contributed by atoms with Crippen LogP contribution >= 0.6 is 0 Å². The number of rotatable bonds is 12. The average Bonchev–Trinajstić information content (AvgIpc) is 3.54. The molecule has 2 unspecified atom stereocenters. The van der Waals surface area contributed by atoms with E-state index in [1.165, 1.54) is 25.7 Å². The van der Waals surface area contributed by atoms with Gasteiger partial charge in [-0.05, 0) is 50.2 Å². The number of hydrogen-bond donors (Lipinski definition) is 4. The smallest absolute Gasteiger partial charge is 0.317 e. The third kappa shape index (κ3) is 7.20. The topological polar surface area (TPSA) is 111 Å². The van der Waals surface area contributed by atoms with E-state index in [2.05, 4.69) is 24.5 Å². The molecule has 2 saturated heterocycles. The second kappa shape index (κ2) is 14.2.